The summed E-state index contributed by atoms with van der Waals surface area (Å²) in [6.45, 7) is 6.96. The maximum atomic E-state index is 2.35. The van der Waals surface area contributed by atoms with E-state index in [0.717, 1.165) is 5.92 Å². The Morgan fingerprint density at radius 3 is 1.62 bits per heavy atom. The first-order valence-corrected chi connectivity index (χ1v) is 7.85. The van der Waals surface area contributed by atoms with E-state index in [9.17, 15) is 0 Å². The van der Waals surface area contributed by atoms with Gasteiger partial charge in [-0.1, -0.05) is 97.8 Å². The van der Waals surface area contributed by atoms with Crippen LogP contribution < -0.4 is 0 Å². The molecular formula is C16H34. The molecule has 0 amide bonds. The molecule has 0 aliphatic heterocycles. The molecule has 0 aliphatic rings. The summed E-state index contributed by atoms with van der Waals surface area (Å²) < 4.78 is 0. The standard InChI is InChI=1S/C16H34/c1-4-7-8-9-10-11-12-13-15-16(6-3)14-5-2/h16H,4-15H2,1-3H3. The van der Waals surface area contributed by atoms with E-state index in [-0.39, 0.29) is 0 Å². The first kappa shape index (κ1) is 16.0. The molecule has 0 aliphatic carbocycles. The lowest BCUT2D eigenvalue weighted by atomic mass is 9.94. The normalized spacial score (nSPS) is 12.9. The van der Waals surface area contributed by atoms with Crippen molar-refractivity contribution in [2.45, 2.75) is 97.8 Å². The molecule has 0 heterocycles. The van der Waals surface area contributed by atoms with Gasteiger partial charge in [-0.25, -0.2) is 0 Å². The van der Waals surface area contributed by atoms with Crippen LogP contribution in [-0.4, -0.2) is 0 Å². The van der Waals surface area contributed by atoms with Gasteiger partial charge in [-0.05, 0) is 5.92 Å². The molecule has 0 nitrogen and oxygen atoms in total. The van der Waals surface area contributed by atoms with Crippen molar-refractivity contribution in [3.8, 4) is 0 Å². The van der Waals surface area contributed by atoms with E-state index in [1.54, 1.807) is 0 Å². The van der Waals surface area contributed by atoms with Gasteiger partial charge < -0.3 is 0 Å². The molecule has 0 aromatic heterocycles. The fourth-order valence-corrected chi connectivity index (χ4v) is 2.53. The zero-order chi connectivity index (χ0) is 12.1. The second-order valence-corrected chi connectivity index (χ2v) is 5.33. The van der Waals surface area contributed by atoms with Gasteiger partial charge in [0, 0.05) is 0 Å². The molecule has 1 unspecified atom stereocenters. The van der Waals surface area contributed by atoms with Gasteiger partial charge in [0.1, 0.15) is 0 Å². The van der Waals surface area contributed by atoms with Crippen LogP contribution in [0.15, 0.2) is 0 Å². The Balaban J connectivity index is 3.12. The van der Waals surface area contributed by atoms with Crippen LogP contribution in [0.2, 0.25) is 0 Å². The van der Waals surface area contributed by atoms with Gasteiger partial charge in [-0.3, -0.25) is 0 Å². The minimum atomic E-state index is 1.02. The molecule has 16 heavy (non-hydrogen) atoms. The molecule has 0 bridgehead atoms. The van der Waals surface area contributed by atoms with E-state index in [1.807, 2.05) is 0 Å². The smallest absolute Gasteiger partial charge is 0.0417 e. The molecule has 0 rings (SSSR count). The van der Waals surface area contributed by atoms with E-state index in [1.165, 1.54) is 77.0 Å². The molecule has 0 heteroatoms. The topological polar surface area (TPSA) is 0 Å². The van der Waals surface area contributed by atoms with E-state index in [4.69, 9.17) is 0 Å². The highest BCUT2D eigenvalue weighted by molar-refractivity contribution is 4.57. The summed E-state index contributed by atoms with van der Waals surface area (Å²) in [6, 6.07) is 0. The third-order valence-corrected chi connectivity index (χ3v) is 3.74. The van der Waals surface area contributed by atoms with Crippen LogP contribution in [0.3, 0.4) is 0 Å². The van der Waals surface area contributed by atoms with Crippen molar-refractivity contribution in [2.24, 2.45) is 5.92 Å². The van der Waals surface area contributed by atoms with Gasteiger partial charge in [0.25, 0.3) is 0 Å². The molecular weight excluding hydrogens is 192 g/mol. The van der Waals surface area contributed by atoms with E-state index in [0.29, 0.717) is 0 Å². The van der Waals surface area contributed by atoms with Crippen molar-refractivity contribution in [1.29, 1.82) is 0 Å². The number of unbranched alkanes of at least 4 members (excludes halogenated alkanes) is 7. The minimum Gasteiger partial charge on any atom is -0.0654 e. The lowest BCUT2D eigenvalue weighted by Crippen LogP contribution is -1.97. The van der Waals surface area contributed by atoms with Crippen LogP contribution in [0.4, 0.5) is 0 Å². The van der Waals surface area contributed by atoms with Gasteiger partial charge in [-0.15, -0.1) is 0 Å². The average molecular weight is 226 g/mol. The van der Waals surface area contributed by atoms with Crippen LogP contribution in [0.5, 0.6) is 0 Å². The van der Waals surface area contributed by atoms with Crippen molar-refractivity contribution < 1.29 is 0 Å². The summed E-state index contributed by atoms with van der Waals surface area (Å²) in [4.78, 5) is 0. The molecule has 0 spiro atoms. The molecule has 98 valence electrons. The molecule has 1 atom stereocenters. The zero-order valence-corrected chi connectivity index (χ0v) is 12.1. The van der Waals surface area contributed by atoms with Crippen molar-refractivity contribution in [2.75, 3.05) is 0 Å². The number of hydrogen-bond donors (Lipinski definition) is 0. The van der Waals surface area contributed by atoms with Crippen molar-refractivity contribution in [3.63, 3.8) is 0 Å². The van der Waals surface area contributed by atoms with Crippen molar-refractivity contribution >= 4 is 0 Å². The highest BCUT2D eigenvalue weighted by Crippen LogP contribution is 2.19. The van der Waals surface area contributed by atoms with Crippen molar-refractivity contribution in [3.05, 3.63) is 0 Å². The summed E-state index contributed by atoms with van der Waals surface area (Å²) in [6.07, 6.45) is 17.4. The highest BCUT2D eigenvalue weighted by Gasteiger charge is 2.03. The third kappa shape index (κ3) is 10.5. The second kappa shape index (κ2) is 13.1. The van der Waals surface area contributed by atoms with E-state index in [2.05, 4.69) is 20.8 Å². The number of hydrogen-bond acceptors (Lipinski definition) is 0. The maximum Gasteiger partial charge on any atom is -0.0417 e. The highest BCUT2D eigenvalue weighted by atomic mass is 14.1. The minimum absolute atomic E-state index is 1.02. The largest absolute Gasteiger partial charge is 0.0654 e. The Bertz CT molecular complexity index is 117. The Hall–Kier alpha value is 0. The lowest BCUT2D eigenvalue weighted by molar-refractivity contribution is 0.408. The Labute approximate surface area is 104 Å². The van der Waals surface area contributed by atoms with Crippen LogP contribution in [0.25, 0.3) is 0 Å². The molecule has 0 N–H and O–H groups in total. The zero-order valence-electron chi connectivity index (χ0n) is 12.1. The van der Waals surface area contributed by atoms with Crippen LogP contribution in [0.1, 0.15) is 97.8 Å². The van der Waals surface area contributed by atoms with Crippen molar-refractivity contribution in [1.82, 2.24) is 0 Å². The molecule has 0 saturated heterocycles. The summed E-state index contributed by atoms with van der Waals surface area (Å²) in [5, 5.41) is 0. The summed E-state index contributed by atoms with van der Waals surface area (Å²) in [7, 11) is 0. The summed E-state index contributed by atoms with van der Waals surface area (Å²) >= 11 is 0. The maximum absolute atomic E-state index is 2.35. The monoisotopic (exact) mass is 226 g/mol. The van der Waals surface area contributed by atoms with Gasteiger partial charge in [-0.2, -0.15) is 0 Å². The predicted molar refractivity (Wildman–Crippen MR) is 75.9 cm³/mol. The van der Waals surface area contributed by atoms with Crippen LogP contribution in [0, 0.1) is 5.92 Å². The fraction of sp³-hybridized carbons (Fsp3) is 1.00. The van der Waals surface area contributed by atoms with Crippen LogP contribution in [-0.2, 0) is 0 Å². The van der Waals surface area contributed by atoms with Gasteiger partial charge in [0.2, 0.25) is 0 Å². The Kier molecular flexibility index (Phi) is 13.1. The molecule has 0 aromatic rings. The predicted octanol–water partition coefficient (Wildman–Crippen LogP) is 6.34. The summed E-state index contributed by atoms with van der Waals surface area (Å²) in [5.41, 5.74) is 0. The molecule has 0 fully saturated rings. The SMILES string of the molecule is CCCCCCCCCCC(CC)CCC. The quantitative estimate of drug-likeness (QED) is 0.340. The summed E-state index contributed by atoms with van der Waals surface area (Å²) in [5.74, 6) is 1.02. The lowest BCUT2D eigenvalue weighted by Gasteiger charge is -2.12. The van der Waals surface area contributed by atoms with Gasteiger partial charge in [0.15, 0.2) is 0 Å². The third-order valence-electron chi connectivity index (χ3n) is 3.74. The first-order valence-electron chi connectivity index (χ1n) is 7.85. The fourth-order valence-electron chi connectivity index (χ4n) is 2.53. The Morgan fingerprint density at radius 2 is 1.12 bits per heavy atom. The van der Waals surface area contributed by atoms with Crippen LogP contribution >= 0.6 is 0 Å². The van der Waals surface area contributed by atoms with Gasteiger partial charge in [0.05, 0.1) is 0 Å². The van der Waals surface area contributed by atoms with E-state index >= 15 is 0 Å². The molecule has 0 aromatic carbocycles. The molecule has 0 radical (unpaired) electrons. The average Bonchev–Trinajstić information content (AvgIpc) is 2.31. The molecule has 0 saturated carbocycles. The second-order valence-electron chi connectivity index (χ2n) is 5.33. The first-order chi connectivity index (χ1) is 7.85. The number of rotatable bonds is 12. The Morgan fingerprint density at radius 1 is 0.562 bits per heavy atom. The van der Waals surface area contributed by atoms with Gasteiger partial charge >= 0.3 is 0 Å². The van der Waals surface area contributed by atoms with E-state index < -0.39 is 0 Å².